The lowest BCUT2D eigenvalue weighted by Gasteiger charge is -2.26. The molecule has 438 valence electrons. The quantitative estimate of drug-likeness (QED) is 0.0213. The molecule has 0 unspecified atom stereocenters. The number of primary amides is 2. The number of aliphatic carboxylic acids is 1. The van der Waals surface area contributed by atoms with E-state index in [4.69, 9.17) is 21.8 Å². The monoisotopic (exact) mass is 1170 g/mol. The Labute approximate surface area is 473 Å². The fourth-order valence-electron chi connectivity index (χ4n) is 8.23. The summed E-state index contributed by atoms with van der Waals surface area (Å²) < 4.78 is 36.0. The Morgan fingerprint density at radius 1 is 0.598 bits per heavy atom. The number of hydrogen-bond acceptors (Lipinski definition) is 16. The van der Waals surface area contributed by atoms with Crippen LogP contribution in [0, 0.1) is 0 Å². The van der Waals surface area contributed by atoms with Crippen LogP contribution in [0.5, 0.6) is 11.5 Å². The first-order valence-electron chi connectivity index (χ1n) is 25.1. The fourth-order valence-corrected chi connectivity index (χ4v) is 9.05. The van der Waals surface area contributed by atoms with Gasteiger partial charge in [0.05, 0.1) is 25.4 Å². The van der Waals surface area contributed by atoms with Crippen LogP contribution in [0.25, 0.3) is 10.9 Å². The molecule has 5 aromatic rings. The third-order valence-electron chi connectivity index (χ3n) is 12.3. The maximum atomic E-state index is 14.4. The van der Waals surface area contributed by atoms with E-state index in [1.165, 1.54) is 48.2 Å². The van der Waals surface area contributed by atoms with E-state index in [-0.39, 0.29) is 54.9 Å². The minimum Gasteiger partial charge on any atom is -0.508 e. The van der Waals surface area contributed by atoms with Gasteiger partial charge in [0.15, 0.2) is 0 Å². The lowest BCUT2D eigenvalue weighted by atomic mass is 10.0. The van der Waals surface area contributed by atoms with Gasteiger partial charge in [0.1, 0.15) is 47.8 Å². The summed E-state index contributed by atoms with van der Waals surface area (Å²) >= 11 is 1.30. The van der Waals surface area contributed by atoms with Gasteiger partial charge in [0.2, 0.25) is 53.2 Å². The second-order valence-corrected chi connectivity index (χ2v) is 20.7. The number of aromatic amines is 1. The molecule has 0 aliphatic heterocycles. The zero-order chi connectivity index (χ0) is 60.1. The van der Waals surface area contributed by atoms with Crippen molar-refractivity contribution in [1.82, 2.24) is 42.2 Å². The first-order chi connectivity index (χ1) is 38.9. The van der Waals surface area contributed by atoms with Crippen LogP contribution in [0.15, 0.2) is 109 Å². The van der Waals surface area contributed by atoms with Crippen LogP contribution in [0.2, 0.25) is 0 Å². The maximum Gasteiger partial charge on any atom is 0.446 e. The van der Waals surface area contributed by atoms with Gasteiger partial charge in [-0.1, -0.05) is 72.8 Å². The highest BCUT2D eigenvalue weighted by atomic mass is 32.3. The number of phenolic OH excluding ortho intramolecular Hbond substituents is 1. The van der Waals surface area contributed by atoms with Gasteiger partial charge in [-0.2, -0.15) is 20.2 Å². The molecule has 5 rings (SSSR count). The van der Waals surface area contributed by atoms with Crippen molar-refractivity contribution in [3.8, 4) is 11.5 Å². The van der Waals surface area contributed by atoms with Crippen LogP contribution in [0.1, 0.15) is 41.5 Å². The van der Waals surface area contributed by atoms with Crippen molar-refractivity contribution in [2.45, 2.75) is 87.2 Å². The van der Waals surface area contributed by atoms with Gasteiger partial charge in [-0.3, -0.25) is 52.5 Å². The Morgan fingerprint density at radius 2 is 1.10 bits per heavy atom. The summed E-state index contributed by atoms with van der Waals surface area (Å²) in [6.07, 6.45) is 0.871. The minimum atomic E-state index is -4.90. The summed E-state index contributed by atoms with van der Waals surface area (Å²) in [6.45, 7) is -0.822. The van der Waals surface area contributed by atoms with Crippen LogP contribution in [-0.4, -0.2) is 148 Å². The number of carboxylic acid groups (broad SMARTS) is 1. The summed E-state index contributed by atoms with van der Waals surface area (Å²) in [5.74, 6) is -10.4. The van der Waals surface area contributed by atoms with Crippen molar-refractivity contribution in [1.29, 1.82) is 0 Å². The number of hydrogen-bond donors (Lipinski definition) is 14. The summed E-state index contributed by atoms with van der Waals surface area (Å²) in [5.41, 5.74) is 19.2. The maximum absolute atomic E-state index is 14.4. The van der Waals surface area contributed by atoms with Crippen molar-refractivity contribution >= 4 is 92.2 Å². The number of amides is 9. The normalized spacial score (nSPS) is 13.7. The number of rotatable bonds is 32. The molecule has 0 spiro atoms. The van der Waals surface area contributed by atoms with Crippen molar-refractivity contribution in [2.24, 2.45) is 17.2 Å². The molecular weight excluding hydrogens is 1110 g/mol. The zero-order valence-electron chi connectivity index (χ0n) is 44.0. The molecule has 4 aromatic carbocycles. The number of H-pyrrole nitrogens is 1. The third-order valence-corrected chi connectivity index (χ3v) is 13.4. The molecule has 0 bridgehead atoms. The predicted octanol–water partition coefficient (Wildman–Crippen LogP) is -1.73. The number of para-hydroxylation sites is 1. The van der Waals surface area contributed by atoms with Crippen LogP contribution >= 0.6 is 11.8 Å². The average molecular weight is 1170 g/mol. The highest BCUT2D eigenvalue weighted by Crippen LogP contribution is 2.20. The summed E-state index contributed by atoms with van der Waals surface area (Å²) in [6, 6.07) is 15.4. The number of carbonyl (C=O) groups is 10. The molecule has 0 saturated heterocycles. The van der Waals surface area contributed by atoms with Gasteiger partial charge in [-0.05, 0) is 71.0 Å². The molecule has 29 heteroatoms. The second-order valence-electron chi connectivity index (χ2n) is 18.7. The SMILES string of the molecule is CSCC[C@H](NC(=O)[C@H](Cc1c[nH]c2ccccc12)NC(=O)CNC(=O)[C@H](Cc1ccc(O)cc1)NC(=O)[C@H](Cc1ccc(OS(=O)(=O)O)cc1)NC(=O)[C@@H](N)CC(N)=O)C(=O)N[C@@H](CC(=O)O)C(=O)N[C@@H](Cc1ccccc1)C(N)=O. The van der Waals surface area contributed by atoms with Crippen LogP contribution in [-0.2, 0) is 84.0 Å². The van der Waals surface area contributed by atoms with Gasteiger partial charge < -0.3 is 73.8 Å². The minimum absolute atomic E-state index is 0.0487. The number of nitrogens with two attached hydrogens (primary N) is 3. The number of aromatic hydroxyl groups is 1. The molecule has 0 aliphatic carbocycles. The van der Waals surface area contributed by atoms with Crippen molar-refractivity contribution in [3.05, 3.63) is 132 Å². The smallest absolute Gasteiger partial charge is 0.446 e. The van der Waals surface area contributed by atoms with E-state index in [1.807, 2.05) is 0 Å². The van der Waals surface area contributed by atoms with E-state index in [0.29, 0.717) is 27.6 Å². The Bertz CT molecular complexity index is 3200. The number of carbonyl (C=O) groups excluding carboxylic acids is 9. The standard InChI is InChI=1S/C53H63N11O16S2/c1-81-20-19-38(50(73)64-43(26-46(68)69)53(76)61-39(47(56)70)21-29-7-3-2-4-8-29)60-52(75)42(24-32-27-57-37-10-6-5-9-35(32)37)59-45(67)28-58-49(72)40(22-30-11-15-33(65)16-12-30)63-51(74)41(62-48(71)36(54)25-44(55)66)23-31-13-17-34(18-14-31)80-82(77,78)79/h2-18,27,36,38-43,57,65H,19-26,28,54H2,1H3,(H2,55,66)(H2,56,70)(H,58,72)(H,59,67)(H,60,75)(H,61,76)(H,62,71)(H,63,74)(H,64,73)(H,68,69)(H,77,78,79)/t36-,38-,39-,40-,41-,42-,43-/m0/s1. The molecule has 17 N–H and O–H groups in total. The molecule has 9 amide bonds. The van der Waals surface area contributed by atoms with Gasteiger partial charge in [-0.25, -0.2) is 0 Å². The van der Waals surface area contributed by atoms with E-state index in [2.05, 4.69) is 46.4 Å². The van der Waals surface area contributed by atoms with E-state index in [9.17, 15) is 66.6 Å². The molecular formula is C53H63N11O16S2. The average Bonchev–Trinajstić information content (AvgIpc) is 3.92. The second kappa shape index (κ2) is 30.5. The number of fused-ring (bicyclic) bond motifs is 1. The van der Waals surface area contributed by atoms with Crippen molar-refractivity contribution in [2.75, 3.05) is 18.6 Å². The van der Waals surface area contributed by atoms with E-state index < -0.39 is 131 Å². The number of thioether (sulfide) groups is 1. The summed E-state index contributed by atoms with van der Waals surface area (Å²) in [4.78, 5) is 137. The predicted molar refractivity (Wildman–Crippen MR) is 297 cm³/mol. The van der Waals surface area contributed by atoms with Gasteiger partial charge in [0.25, 0.3) is 0 Å². The molecule has 1 heterocycles. The van der Waals surface area contributed by atoms with Crippen molar-refractivity contribution in [3.63, 3.8) is 0 Å². The van der Waals surface area contributed by atoms with Crippen LogP contribution in [0.3, 0.4) is 0 Å². The third kappa shape index (κ3) is 20.9. The zero-order valence-corrected chi connectivity index (χ0v) is 45.6. The lowest BCUT2D eigenvalue weighted by molar-refractivity contribution is -0.141. The Kier molecular flexibility index (Phi) is 23.7. The largest absolute Gasteiger partial charge is 0.508 e. The number of carboxylic acids is 1. The molecule has 0 fully saturated rings. The summed E-state index contributed by atoms with van der Waals surface area (Å²) in [5, 5.41) is 37.8. The van der Waals surface area contributed by atoms with Crippen LogP contribution < -0.4 is 58.6 Å². The molecule has 7 atom stereocenters. The molecule has 0 aliphatic rings. The molecule has 0 saturated carbocycles. The molecule has 0 radical (unpaired) electrons. The topological polar surface area (TPSA) is 453 Å². The molecule has 82 heavy (non-hydrogen) atoms. The van der Waals surface area contributed by atoms with Gasteiger partial charge in [-0.15, -0.1) is 0 Å². The Balaban J connectivity index is 1.37. The van der Waals surface area contributed by atoms with E-state index in [1.54, 1.807) is 67.0 Å². The molecule has 1 aromatic heterocycles. The van der Waals surface area contributed by atoms with Crippen LogP contribution in [0.4, 0.5) is 0 Å². The number of benzene rings is 4. The Hall–Kier alpha value is -9.06. The van der Waals surface area contributed by atoms with E-state index >= 15 is 0 Å². The number of nitrogens with one attached hydrogen (secondary N) is 8. The van der Waals surface area contributed by atoms with Gasteiger partial charge >= 0.3 is 16.4 Å². The van der Waals surface area contributed by atoms with Gasteiger partial charge in [0, 0.05) is 42.8 Å². The first-order valence-corrected chi connectivity index (χ1v) is 27.9. The summed E-state index contributed by atoms with van der Waals surface area (Å²) in [7, 11) is -4.90. The highest BCUT2D eigenvalue weighted by molar-refractivity contribution is 7.98. The highest BCUT2D eigenvalue weighted by Gasteiger charge is 2.34. The number of aromatic nitrogens is 1. The van der Waals surface area contributed by atoms with Crippen molar-refractivity contribution < 1.29 is 75.3 Å². The number of phenols is 1. The first kappa shape index (κ1) is 63.8. The lowest BCUT2D eigenvalue weighted by Crippen LogP contribution is -2.59. The Morgan fingerprint density at radius 3 is 1.70 bits per heavy atom. The van der Waals surface area contributed by atoms with E-state index in [0.717, 1.165) is 12.1 Å². The fraction of sp³-hybridized carbons (Fsp3) is 0.321. The molecule has 27 nitrogen and oxygen atoms in total.